The van der Waals surface area contributed by atoms with Crippen molar-refractivity contribution in [3.8, 4) is 0 Å². The van der Waals surface area contributed by atoms with Crippen LogP contribution in [0, 0.1) is 5.92 Å². The van der Waals surface area contributed by atoms with Crippen LogP contribution in [0.1, 0.15) is 59.3 Å². The number of hydrogen-bond acceptors (Lipinski definition) is 5. The smallest absolute Gasteiger partial charge is 0.222 e. The molecule has 0 heterocycles. The first-order valence-corrected chi connectivity index (χ1v) is 9.13. The number of carbonyl (C=O) groups is 3. The average Bonchev–Trinajstić information content (AvgIpc) is 2.49. The summed E-state index contributed by atoms with van der Waals surface area (Å²) in [5.41, 5.74) is 4.93. The van der Waals surface area contributed by atoms with Gasteiger partial charge >= 0.3 is 0 Å². The van der Waals surface area contributed by atoms with Crippen molar-refractivity contribution in [2.45, 2.75) is 65.4 Å². The van der Waals surface area contributed by atoms with Gasteiger partial charge in [-0.1, -0.05) is 13.3 Å². The summed E-state index contributed by atoms with van der Waals surface area (Å²) in [5, 5.41) is 2.68. The molecule has 146 valence electrons. The zero-order valence-electron chi connectivity index (χ0n) is 15.8. The third-order valence-corrected chi connectivity index (χ3v) is 3.75. The number of carbonyl (C=O) groups excluding carboxylic acids is 3. The Labute approximate surface area is 151 Å². The summed E-state index contributed by atoms with van der Waals surface area (Å²) in [6.45, 7) is 7.31. The van der Waals surface area contributed by atoms with Crippen molar-refractivity contribution < 1.29 is 23.9 Å². The van der Waals surface area contributed by atoms with Crippen molar-refractivity contribution in [1.82, 2.24) is 5.32 Å². The number of nitrogens with one attached hydrogen (secondary N) is 1. The van der Waals surface area contributed by atoms with Crippen molar-refractivity contribution in [2.24, 2.45) is 11.7 Å². The van der Waals surface area contributed by atoms with Gasteiger partial charge < -0.3 is 20.5 Å². The first-order valence-electron chi connectivity index (χ1n) is 9.13. The van der Waals surface area contributed by atoms with E-state index < -0.39 is 0 Å². The summed E-state index contributed by atoms with van der Waals surface area (Å²) in [7, 11) is 0. The molecular formula is C18H34N2O5. The second-order valence-electron chi connectivity index (χ2n) is 6.30. The Morgan fingerprint density at radius 3 is 2.24 bits per heavy atom. The van der Waals surface area contributed by atoms with E-state index in [1.807, 2.05) is 20.8 Å². The fourth-order valence-corrected chi connectivity index (χ4v) is 2.03. The highest BCUT2D eigenvalue weighted by Gasteiger charge is 2.22. The second-order valence-corrected chi connectivity index (χ2v) is 6.30. The maximum Gasteiger partial charge on any atom is 0.222 e. The molecule has 0 saturated heterocycles. The molecule has 1 fully saturated rings. The van der Waals surface area contributed by atoms with Gasteiger partial charge in [-0.3, -0.25) is 14.4 Å². The molecule has 1 aliphatic carbocycles. The summed E-state index contributed by atoms with van der Waals surface area (Å²) < 4.78 is 10.3. The molecule has 0 aliphatic heterocycles. The Hall–Kier alpha value is -1.47. The molecule has 1 saturated carbocycles. The van der Waals surface area contributed by atoms with E-state index >= 15 is 0 Å². The molecule has 0 aromatic heterocycles. The second kappa shape index (κ2) is 14.8. The van der Waals surface area contributed by atoms with Crippen LogP contribution in [-0.4, -0.2) is 50.1 Å². The zero-order valence-corrected chi connectivity index (χ0v) is 15.8. The number of ether oxygens (including phenoxy) is 2. The molecule has 25 heavy (non-hydrogen) atoms. The summed E-state index contributed by atoms with van der Waals surface area (Å²) in [6, 6.07) is 0. The van der Waals surface area contributed by atoms with Crippen LogP contribution in [0.4, 0.5) is 0 Å². The van der Waals surface area contributed by atoms with E-state index in [9.17, 15) is 14.4 Å². The van der Waals surface area contributed by atoms with E-state index in [2.05, 4.69) is 5.32 Å². The van der Waals surface area contributed by atoms with E-state index in [1.165, 1.54) is 6.42 Å². The summed E-state index contributed by atoms with van der Waals surface area (Å²) >= 11 is 0. The van der Waals surface area contributed by atoms with Crippen LogP contribution < -0.4 is 11.1 Å². The topological polar surface area (TPSA) is 108 Å². The molecule has 0 spiro atoms. The Morgan fingerprint density at radius 1 is 1.12 bits per heavy atom. The minimum atomic E-state index is -0.389. The van der Waals surface area contributed by atoms with Crippen molar-refractivity contribution in [3.63, 3.8) is 0 Å². The normalized spacial score (nSPS) is 13.6. The third kappa shape index (κ3) is 14.6. The molecule has 1 rings (SSSR count). The van der Waals surface area contributed by atoms with Crippen LogP contribution in [0.3, 0.4) is 0 Å². The number of ketones is 1. The van der Waals surface area contributed by atoms with Gasteiger partial charge in [0.25, 0.3) is 0 Å². The molecule has 0 aromatic carbocycles. The van der Waals surface area contributed by atoms with Crippen LogP contribution in [0.15, 0.2) is 0 Å². The molecule has 2 amide bonds. The molecule has 0 atom stereocenters. The molecule has 3 N–H and O–H groups in total. The summed E-state index contributed by atoms with van der Waals surface area (Å²) in [6.07, 6.45) is 5.02. The molecule has 0 aromatic rings. The number of primary amides is 1. The van der Waals surface area contributed by atoms with Crippen molar-refractivity contribution in [2.75, 3.05) is 26.4 Å². The number of nitrogens with two attached hydrogens (primary N) is 1. The Morgan fingerprint density at radius 2 is 1.80 bits per heavy atom. The predicted molar refractivity (Wildman–Crippen MR) is 96.0 cm³/mol. The Balaban J connectivity index is 0.000000593. The fourth-order valence-electron chi connectivity index (χ4n) is 2.03. The van der Waals surface area contributed by atoms with E-state index in [0.717, 1.165) is 19.3 Å². The quantitative estimate of drug-likeness (QED) is 0.515. The fraction of sp³-hybridized carbons (Fsp3) is 0.833. The minimum Gasteiger partial charge on any atom is -0.379 e. The van der Waals surface area contributed by atoms with Crippen molar-refractivity contribution in [1.29, 1.82) is 0 Å². The first-order chi connectivity index (χ1) is 11.9. The average molecular weight is 358 g/mol. The van der Waals surface area contributed by atoms with Gasteiger partial charge in [-0.05, 0) is 26.7 Å². The molecule has 7 nitrogen and oxygen atoms in total. The van der Waals surface area contributed by atoms with Gasteiger partial charge in [-0.25, -0.2) is 0 Å². The maximum absolute atomic E-state index is 11.2. The SMILES string of the molecule is CC(C)OCCC(=O)NCCOCCC(N)=O.CCC(=O)C1CCC1. The monoisotopic (exact) mass is 358 g/mol. The maximum atomic E-state index is 11.2. The zero-order chi connectivity index (χ0) is 19.1. The predicted octanol–water partition coefficient (Wildman–Crippen LogP) is 1.58. The standard InChI is InChI=1S/C11H22N2O4.C7H12O/c1-9(2)17-7-4-11(15)13-5-8-16-6-3-10(12)14;1-2-7(8)6-4-3-5-6/h9H,3-8H2,1-2H3,(H2,12,14)(H,13,15);6H,2-5H2,1H3. The summed E-state index contributed by atoms with van der Waals surface area (Å²) in [5.74, 6) is 0.472. The van der Waals surface area contributed by atoms with Crippen LogP contribution in [-0.2, 0) is 23.9 Å². The number of Topliss-reactive ketones (excluding diaryl/α,β-unsaturated/α-hetero) is 1. The number of amides is 2. The molecule has 1 aliphatic rings. The van der Waals surface area contributed by atoms with E-state index in [4.69, 9.17) is 15.2 Å². The highest BCUT2D eigenvalue weighted by Crippen LogP contribution is 2.27. The Bertz CT molecular complexity index is 395. The molecular weight excluding hydrogens is 324 g/mol. The van der Waals surface area contributed by atoms with E-state index in [-0.39, 0.29) is 24.3 Å². The van der Waals surface area contributed by atoms with Gasteiger partial charge in [0.05, 0.1) is 25.9 Å². The molecule has 7 heteroatoms. The lowest BCUT2D eigenvalue weighted by atomic mass is 9.81. The van der Waals surface area contributed by atoms with Gasteiger partial charge in [0, 0.05) is 31.7 Å². The number of hydrogen-bond donors (Lipinski definition) is 2. The van der Waals surface area contributed by atoms with Gasteiger partial charge in [-0.2, -0.15) is 0 Å². The van der Waals surface area contributed by atoms with Gasteiger partial charge in [0.1, 0.15) is 5.78 Å². The highest BCUT2D eigenvalue weighted by atomic mass is 16.5. The third-order valence-electron chi connectivity index (χ3n) is 3.75. The highest BCUT2D eigenvalue weighted by molar-refractivity contribution is 5.81. The van der Waals surface area contributed by atoms with Gasteiger partial charge in [0.15, 0.2) is 0 Å². The lowest BCUT2D eigenvalue weighted by molar-refractivity contribution is -0.125. The van der Waals surface area contributed by atoms with Gasteiger partial charge in [0.2, 0.25) is 11.8 Å². The van der Waals surface area contributed by atoms with E-state index in [0.29, 0.717) is 44.5 Å². The largest absolute Gasteiger partial charge is 0.379 e. The first kappa shape index (κ1) is 23.5. The molecule has 0 unspecified atom stereocenters. The van der Waals surface area contributed by atoms with Crippen LogP contribution in [0.25, 0.3) is 0 Å². The molecule has 0 radical (unpaired) electrons. The number of rotatable bonds is 12. The van der Waals surface area contributed by atoms with Gasteiger partial charge in [-0.15, -0.1) is 0 Å². The summed E-state index contributed by atoms with van der Waals surface area (Å²) in [4.78, 5) is 32.4. The minimum absolute atomic E-state index is 0.0656. The van der Waals surface area contributed by atoms with Crippen LogP contribution >= 0.6 is 0 Å². The lowest BCUT2D eigenvalue weighted by Crippen LogP contribution is -2.28. The van der Waals surface area contributed by atoms with Crippen LogP contribution in [0.5, 0.6) is 0 Å². The van der Waals surface area contributed by atoms with E-state index in [1.54, 1.807) is 0 Å². The van der Waals surface area contributed by atoms with Crippen molar-refractivity contribution in [3.05, 3.63) is 0 Å². The lowest BCUT2D eigenvalue weighted by Gasteiger charge is -2.22. The molecule has 0 bridgehead atoms. The van der Waals surface area contributed by atoms with Crippen molar-refractivity contribution >= 4 is 17.6 Å². The Kier molecular flexibility index (Phi) is 14.0. The van der Waals surface area contributed by atoms with Crippen LogP contribution in [0.2, 0.25) is 0 Å².